The van der Waals surface area contributed by atoms with Crippen LogP contribution in [0.25, 0.3) is 0 Å². The summed E-state index contributed by atoms with van der Waals surface area (Å²) in [5.41, 5.74) is 2.06. The number of urea groups is 1. The second-order valence-corrected chi connectivity index (χ2v) is 8.14. The number of nitrogens with one attached hydrogen (secondary N) is 1. The highest BCUT2D eigenvalue weighted by Crippen LogP contribution is 2.32. The Morgan fingerprint density at radius 1 is 0.968 bits per heavy atom. The van der Waals surface area contributed by atoms with E-state index < -0.39 is 5.54 Å². The third kappa shape index (κ3) is 4.76. The summed E-state index contributed by atoms with van der Waals surface area (Å²) in [6, 6.07) is 5.56. The Bertz CT molecular complexity index is 941. The van der Waals surface area contributed by atoms with Gasteiger partial charge in [-0.1, -0.05) is 0 Å². The highest BCUT2D eigenvalue weighted by molar-refractivity contribution is 5.90. The van der Waals surface area contributed by atoms with E-state index in [9.17, 15) is 4.79 Å². The molecule has 1 aromatic carbocycles. The third-order valence-corrected chi connectivity index (χ3v) is 5.54. The van der Waals surface area contributed by atoms with Crippen LogP contribution in [0.3, 0.4) is 0 Å². The molecule has 168 valence electrons. The van der Waals surface area contributed by atoms with E-state index in [0.717, 1.165) is 28.6 Å². The minimum Gasteiger partial charge on any atom is -0.497 e. The summed E-state index contributed by atoms with van der Waals surface area (Å²) >= 11 is 0. The van der Waals surface area contributed by atoms with Crippen LogP contribution in [0.4, 0.5) is 16.3 Å². The van der Waals surface area contributed by atoms with Crippen LogP contribution in [0.5, 0.6) is 17.4 Å². The average molecular weight is 430 g/mol. The minimum atomic E-state index is -0.431. The van der Waals surface area contributed by atoms with Gasteiger partial charge in [0.25, 0.3) is 5.88 Å². The van der Waals surface area contributed by atoms with Crippen molar-refractivity contribution in [2.45, 2.75) is 33.2 Å². The van der Waals surface area contributed by atoms with Crippen LogP contribution in [-0.2, 0) is 0 Å². The lowest BCUT2D eigenvalue weighted by Gasteiger charge is -2.47. The largest absolute Gasteiger partial charge is 0.497 e. The lowest BCUT2D eigenvalue weighted by atomic mass is 9.98. The predicted molar refractivity (Wildman–Crippen MR) is 120 cm³/mol. The number of amides is 2. The number of anilines is 2. The fourth-order valence-electron chi connectivity index (χ4n) is 3.70. The Labute approximate surface area is 183 Å². The number of carbonyl (C=O) groups is 1. The second-order valence-electron chi connectivity index (χ2n) is 8.14. The second kappa shape index (κ2) is 8.87. The summed E-state index contributed by atoms with van der Waals surface area (Å²) in [6.45, 7) is 9.64. The van der Waals surface area contributed by atoms with Crippen molar-refractivity contribution in [3.63, 3.8) is 0 Å². The van der Waals surface area contributed by atoms with Gasteiger partial charge in [0.1, 0.15) is 11.5 Å². The topological polar surface area (TPSA) is 89.1 Å². The minimum absolute atomic E-state index is 0.233. The molecule has 0 unspecified atom stereocenters. The van der Waals surface area contributed by atoms with Gasteiger partial charge in [0.2, 0.25) is 0 Å². The smallest absolute Gasteiger partial charge is 0.323 e. The van der Waals surface area contributed by atoms with Crippen LogP contribution in [0.15, 0.2) is 18.2 Å². The SMILES string of the molecule is COc1cc(OC)cc(N2CCN(C(=O)Nc3nc(C)c(C)nc3OC)C(C)(C)C2)c1. The molecule has 1 N–H and O–H groups in total. The maximum atomic E-state index is 13.1. The quantitative estimate of drug-likeness (QED) is 0.780. The number of aryl methyl sites for hydroxylation is 2. The van der Waals surface area contributed by atoms with E-state index in [1.54, 1.807) is 14.2 Å². The molecule has 3 rings (SSSR count). The standard InChI is InChI=1S/C22H31N5O4/c1-14-15(2)24-20(31-7)19(23-14)25-21(28)27-9-8-26(13-22(27,3)4)16-10-17(29-5)12-18(11-16)30-6/h10-12H,8-9,13H2,1-7H3,(H,23,25,28). The monoisotopic (exact) mass is 429 g/mol. The Morgan fingerprint density at radius 3 is 2.13 bits per heavy atom. The fraction of sp³-hybridized carbons (Fsp3) is 0.500. The van der Waals surface area contributed by atoms with E-state index in [0.29, 0.717) is 31.3 Å². The van der Waals surface area contributed by atoms with Crippen molar-refractivity contribution >= 4 is 17.5 Å². The third-order valence-electron chi connectivity index (χ3n) is 5.54. The van der Waals surface area contributed by atoms with E-state index in [1.165, 1.54) is 7.11 Å². The number of aromatic nitrogens is 2. The molecule has 0 aliphatic carbocycles. The molecule has 0 atom stereocenters. The molecular formula is C22H31N5O4. The normalized spacial score (nSPS) is 15.5. The van der Waals surface area contributed by atoms with Gasteiger partial charge in [-0.15, -0.1) is 0 Å². The first kappa shape index (κ1) is 22.5. The van der Waals surface area contributed by atoms with Gasteiger partial charge < -0.3 is 24.0 Å². The van der Waals surface area contributed by atoms with Gasteiger partial charge in [-0.05, 0) is 27.7 Å². The lowest BCUT2D eigenvalue weighted by molar-refractivity contribution is 0.134. The van der Waals surface area contributed by atoms with Crippen molar-refractivity contribution in [2.24, 2.45) is 0 Å². The first-order chi connectivity index (χ1) is 14.7. The van der Waals surface area contributed by atoms with Crippen molar-refractivity contribution in [1.82, 2.24) is 14.9 Å². The molecule has 1 saturated heterocycles. The van der Waals surface area contributed by atoms with E-state index in [4.69, 9.17) is 14.2 Å². The first-order valence-corrected chi connectivity index (χ1v) is 10.1. The molecule has 2 heterocycles. The van der Waals surface area contributed by atoms with Gasteiger partial charge in [0.15, 0.2) is 5.82 Å². The molecule has 0 saturated carbocycles. The van der Waals surface area contributed by atoms with Gasteiger partial charge in [0, 0.05) is 43.5 Å². The van der Waals surface area contributed by atoms with E-state index in [-0.39, 0.29) is 6.03 Å². The molecule has 1 fully saturated rings. The number of nitrogens with zero attached hydrogens (tertiary/aromatic N) is 4. The Balaban J connectivity index is 1.78. The Morgan fingerprint density at radius 2 is 1.58 bits per heavy atom. The summed E-state index contributed by atoms with van der Waals surface area (Å²) in [7, 11) is 4.78. The van der Waals surface area contributed by atoms with Gasteiger partial charge in [-0.3, -0.25) is 5.32 Å². The zero-order valence-electron chi connectivity index (χ0n) is 19.3. The highest BCUT2D eigenvalue weighted by atomic mass is 16.5. The maximum absolute atomic E-state index is 13.1. The number of piperazine rings is 1. The summed E-state index contributed by atoms with van der Waals surface area (Å²) in [5, 5.41) is 2.88. The van der Waals surface area contributed by atoms with E-state index in [1.807, 2.05) is 50.8 Å². The summed E-state index contributed by atoms with van der Waals surface area (Å²) in [5.74, 6) is 2.09. The van der Waals surface area contributed by atoms with Crippen molar-refractivity contribution in [2.75, 3.05) is 51.2 Å². The van der Waals surface area contributed by atoms with E-state index in [2.05, 4.69) is 20.2 Å². The molecule has 2 aromatic rings. The number of hydrogen-bond acceptors (Lipinski definition) is 7. The number of benzene rings is 1. The molecule has 0 radical (unpaired) electrons. The molecule has 0 bridgehead atoms. The zero-order chi connectivity index (χ0) is 22.8. The molecule has 9 heteroatoms. The summed E-state index contributed by atoms with van der Waals surface area (Å²) in [6.07, 6.45) is 0. The van der Waals surface area contributed by atoms with Crippen molar-refractivity contribution in [1.29, 1.82) is 0 Å². The molecule has 1 aromatic heterocycles. The summed E-state index contributed by atoms with van der Waals surface area (Å²) in [4.78, 5) is 26.0. The number of hydrogen-bond donors (Lipinski definition) is 1. The van der Waals surface area contributed by atoms with Crippen LogP contribution in [0, 0.1) is 13.8 Å². The predicted octanol–water partition coefficient (Wildman–Crippen LogP) is 3.25. The molecule has 9 nitrogen and oxygen atoms in total. The van der Waals surface area contributed by atoms with Gasteiger partial charge >= 0.3 is 6.03 Å². The summed E-state index contributed by atoms with van der Waals surface area (Å²) < 4.78 is 16.1. The Hall–Kier alpha value is -3.23. The molecule has 1 aliphatic heterocycles. The van der Waals surface area contributed by atoms with Crippen LogP contribution < -0.4 is 24.4 Å². The molecular weight excluding hydrogens is 398 g/mol. The van der Waals surface area contributed by atoms with Crippen LogP contribution in [0.2, 0.25) is 0 Å². The number of rotatable bonds is 5. The van der Waals surface area contributed by atoms with Crippen molar-refractivity contribution in [3.8, 4) is 17.4 Å². The van der Waals surface area contributed by atoms with Crippen molar-refractivity contribution in [3.05, 3.63) is 29.6 Å². The molecule has 0 spiro atoms. The fourth-order valence-corrected chi connectivity index (χ4v) is 3.70. The van der Waals surface area contributed by atoms with Crippen LogP contribution in [0.1, 0.15) is 25.2 Å². The zero-order valence-corrected chi connectivity index (χ0v) is 19.3. The maximum Gasteiger partial charge on any atom is 0.323 e. The van der Waals surface area contributed by atoms with Gasteiger partial charge in [-0.25, -0.2) is 14.8 Å². The Kier molecular flexibility index (Phi) is 6.42. The first-order valence-electron chi connectivity index (χ1n) is 10.1. The van der Waals surface area contributed by atoms with Gasteiger partial charge in [0.05, 0.1) is 38.3 Å². The molecule has 1 aliphatic rings. The highest BCUT2D eigenvalue weighted by Gasteiger charge is 2.37. The van der Waals surface area contributed by atoms with E-state index >= 15 is 0 Å². The van der Waals surface area contributed by atoms with Crippen molar-refractivity contribution < 1.29 is 19.0 Å². The van der Waals surface area contributed by atoms with Crippen LogP contribution in [-0.4, -0.2) is 67.4 Å². The van der Waals surface area contributed by atoms with Crippen LogP contribution >= 0.6 is 0 Å². The number of ether oxygens (including phenoxy) is 3. The lowest BCUT2D eigenvalue weighted by Crippen LogP contribution is -2.62. The molecule has 31 heavy (non-hydrogen) atoms. The number of methoxy groups -OCH3 is 3. The van der Waals surface area contributed by atoms with Gasteiger partial charge in [-0.2, -0.15) is 0 Å². The molecule has 2 amide bonds. The average Bonchev–Trinajstić information content (AvgIpc) is 2.74. The number of carbonyl (C=O) groups excluding carboxylic acids is 1.